The molecule has 2 fully saturated rings. The molecule has 1 aromatic rings. The van der Waals surface area contributed by atoms with E-state index in [1.807, 2.05) is 0 Å². The molecular weight excluding hydrogens is 254 g/mol. The third kappa shape index (κ3) is 1.96. The van der Waals surface area contributed by atoms with Crippen LogP contribution in [0, 0.1) is 16.7 Å². The number of benzene rings is 1. The van der Waals surface area contributed by atoms with Crippen LogP contribution in [0.15, 0.2) is 18.2 Å². The van der Waals surface area contributed by atoms with Gasteiger partial charge in [0.15, 0.2) is 0 Å². The summed E-state index contributed by atoms with van der Waals surface area (Å²) < 4.78 is 0. The molecule has 1 nitrogen and oxygen atoms in total. The van der Waals surface area contributed by atoms with E-state index in [9.17, 15) is 0 Å². The topological polar surface area (TPSA) is 12.0 Å². The molecule has 3 aliphatic rings. The molecule has 0 spiro atoms. The average molecular weight is 283 g/mol. The molecule has 21 heavy (non-hydrogen) atoms. The van der Waals surface area contributed by atoms with Crippen molar-refractivity contribution in [3.05, 3.63) is 29.3 Å². The van der Waals surface area contributed by atoms with Gasteiger partial charge in [-0.2, -0.15) is 0 Å². The Balaban J connectivity index is 1.67. The SMILES string of the molecule is CC1(C)C(Nc2cccc3c2CCCC3)[C@]2(C)CC[C@H]1C2. The first-order valence-electron chi connectivity index (χ1n) is 8.88. The third-order valence-corrected chi connectivity index (χ3v) is 6.97. The Morgan fingerprint density at radius 2 is 1.90 bits per heavy atom. The van der Waals surface area contributed by atoms with Crippen molar-refractivity contribution in [1.29, 1.82) is 0 Å². The van der Waals surface area contributed by atoms with Crippen molar-refractivity contribution in [2.24, 2.45) is 16.7 Å². The first-order valence-corrected chi connectivity index (χ1v) is 8.88. The van der Waals surface area contributed by atoms with E-state index in [4.69, 9.17) is 0 Å². The fraction of sp³-hybridized carbons (Fsp3) is 0.700. The van der Waals surface area contributed by atoms with E-state index in [2.05, 4.69) is 44.3 Å². The van der Waals surface area contributed by atoms with E-state index in [1.165, 1.54) is 50.6 Å². The molecule has 1 unspecified atom stereocenters. The van der Waals surface area contributed by atoms with Gasteiger partial charge in [0, 0.05) is 11.7 Å². The molecule has 0 saturated heterocycles. The van der Waals surface area contributed by atoms with Crippen LogP contribution >= 0.6 is 0 Å². The minimum absolute atomic E-state index is 0.435. The van der Waals surface area contributed by atoms with Gasteiger partial charge in [-0.05, 0) is 78.9 Å². The lowest BCUT2D eigenvalue weighted by Crippen LogP contribution is -2.46. The van der Waals surface area contributed by atoms with Crippen molar-refractivity contribution < 1.29 is 0 Å². The number of hydrogen-bond acceptors (Lipinski definition) is 1. The van der Waals surface area contributed by atoms with Gasteiger partial charge >= 0.3 is 0 Å². The van der Waals surface area contributed by atoms with Gasteiger partial charge in [0.05, 0.1) is 0 Å². The molecular formula is C20H29N. The van der Waals surface area contributed by atoms with Gasteiger partial charge in [0.2, 0.25) is 0 Å². The van der Waals surface area contributed by atoms with E-state index in [1.54, 1.807) is 11.1 Å². The monoisotopic (exact) mass is 283 g/mol. The first kappa shape index (κ1) is 13.7. The lowest BCUT2D eigenvalue weighted by molar-refractivity contribution is 0.155. The second-order valence-electron chi connectivity index (χ2n) is 8.64. The summed E-state index contributed by atoms with van der Waals surface area (Å²) in [6.07, 6.45) is 9.55. The number of fused-ring (bicyclic) bond motifs is 3. The Hall–Kier alpha value is -0.980. The number of aryl methyl sites for hydroxylation is 1. The minimum atomic E-state index is 0.435. The van der Waals surface area contributed by atoms with E-state index in [0.717, 1.165) is 5.92 Å². The van der Waals surface area contributed by atoms with Crippen LogP contribution in [0.1, 0.15) is 64.0 Å². The smallest absolute Gasteiger partial charge is 0.0378 e. The number of nitrogens with one attached hydrogen (secondary N) is 1. The van der Waals surface area contributed by atoms with Crippen LogP contribution in [0.5, 0.6) is 0 Å². The van der Waals surface area contributed by atoms with Crippen LogP contribution in [-0.4, -0.2) is 6.04 Å². The van der Waals surface area contributed by atoms with Crippen molar-refractivity contribution in [3.63, 3.8) is 0 Å². The zero-order valence-electron chi connectivity index (χ0n) is 13.8. The molecule has 0 aromatic heterocycles. The van der Waals surface area contributed by atoms with Gasteiger partial charge in [-0.25, -0.2) is 0 Å². The van der Waals surface area contributed by atoms with Gasteiger partial charge < -0.3 is 5.32 Å². The van der Waals surface area contributed by atoms with Crippen LogP contribution in [0.3, 0.4) is 0 Å². The summed E-state index contributed by atoms with van der Waals surface area (Å²) in [4.78, 5) is 0. The highest BCUT2D eigenvalue weighted by Gasteiger charge is 2.59. The van der Waals surface area contributed by atoms with Gasteiger partial charge in [0.1, 0.15) is 0 Å². The highest BCUT2D eigenvalue weighted by molar-refractivity contribution is 5.57. The molecule has 0 radical (unpaired) electrons. The molecule has 0 aliphatic heterocycles. The van der Waals surface area contributed by atoms with Gasteiger partial charge in [0.25, 0.3) is 0 Å². The molecule has 0 amide bonds. The Kier molecular flexibility index (Phi) is 2.93. The summed E-state index contributed by atoms with van der Waals surface area (Å²) in [6, 6.07) is 7.56. The summed E-state index contributed by atoms with van der Waals surface area (Å²) in [6.45, 7) is 7.51. The van der Waals surface area contributed by atoms with Crippen LogP contribution < -0.4 is 5.32 Å². The molecule has 1 aromatic carbocycles. The van der Waals surface area contributed by atoms with Crippen molar-refractivity contribution in [2.45, 2.75) is 71.8 Å². The molecule has 0 heterocycles. The van der Waals surface area contributed by atoms with Crippen molar-refractivity contribution >= 4 is 5.69 Å². The Labute approximate surface area is 129 Å². The maximum Gasteiger partial charge on any atom is 0.0378 e. The minimum Gasteiger partial charge on any atom is -0.381 e. The standard InChI is InChI=1S/C20H29N/c1-19(2)15-11-12-20(3,13-15)18(19)21-17-10-6-8-14-7-4-5-9-16(14)17/h6,8,10,15,18,21H,4-5,7,9,11-13H2,1-3H3/t15-,18?,20+/m0/s1. The largest absolute Gasteiger partial charge is 0.381 e. The molecule has 3 aliphatic carbocycles. The summed E-state index contributed by atoms with van der Waals surface area (Å²) in [5.74, 6) is 0.916. The molecule has 3 atom stereocenters. The lowest BCUT2D eigenvalue weighted by atomic mass is 9.68. The average Bonchev–Trinajstić information content (AvgIpc) is 2.95. The summed E-state index contributed by atoms with van der Waals surface area (Å²) in [5, 5.41) is 4.03. The van der Waals surface area contributed by atoms with Crippen LogP contribution in [-0.2, 0) is 12.8 Å². The number of anilines is 1. The maximum atomic E-state index is 4.03. The summed E-state index contributed by atoms with van der Waals surface area (Å²) in [7, 11) is 0. The Morgan fingerprint density at radius 1 is 1.10 bits per heavy atom. The molecule has 4 rings (SSSR count). The second-order valence-corrected chi connectivity index (χ2v) is 8.64. The maximum absolute atomic E-state index is 4.03. The molecule has 1 heteroatoms. The van der Waals surface area contributed by atoms with Gasteiger partial charge in [-0.1, -0.05) is 32.9 Å². The van der Waals surface area contributed by atoms with Crippen molar-refractivity contribution in [1.82, 2.24) is 0 Å². The first-order chi connectivity index (χ1) is 10.0. The zero-order chi connectivity index (χ0) is 14.7. The predicted molar refractivity (Wildman–Crippen MR) is 89.7 cm³/mol. The quantitative estimate of drug-likeness (QED) is 0.787. The normalized spacial score (nSPS) is 36.5. The molecule has 114 valence electrons. The van der Waals surface area contributed by atoms with E-state index in [0.29, 0.717) is 16.9 Å². The van der Waals surface area contributed by atoms with Crippen LogP contribution in [0.2, 0.25) is 0 Å². The van der Waals surface area contributed by atoms with E-state index in [-0.39, 0.29) is 0 Å². The van der Waals surface area contributed by atoms with Crippen LogP contribution in [0.25, 0.3) is 0 Å². The predicted octanol–water partition coefficient (Wildman–Crippen LogP) is 5.19. The third-order valence-electron chi connectivity index (χ3n) is 6.97. The molecule has 2 bridgehead atoms. The Morgan fingerprint density at radius 3 is 2.67 bits per heavy atom. The highest BCUT2D eigenvalue weighted by atomic mass is 15.0. The fourth-order valence-corrected chi connectivity index (χ4v) is 5.73. The number of hydrogen-bond donors (Lipinski definition) is 1. The fourth-order valence-electron chi connectivity index (χ4n) is 5.73. The van der Waals surface area contributed by atoms with Gasteiger partial charge in [-0.3, -0.25) is 0 Å². The van der Waals surface area contributed by atoms with Crippen LogP contribution in [0.4, 0.5) is 5.69 Å². The second kappa shape index (κ2) is 4.51. The number of rotatable bonds is 2. The van der Waals surface area contributed by atoms with E-state index < -0.39 is 0 Å². The molecule has 1 N–H and O–H groups in total. The summed E-state index contributed by atoms with van der Waals surface area (Å²) >= 11 is 0. The highest BCUT2D eigenvalue weighted by Crippen LogP contribution is 2.63. The van der Waals surface area contributed by atoms with Crippen molar-refractivity contribution in [3.8, 4) is 0 Å². The van der Waals surface area contributed by atoms with E-state index >= 15 is 0 Å². The summed E-state index contributed by atoms with van der Waals surface area (Å²) in [5.41, 5.74) is 5.60. The van der Waals surface area contributed by atoms with Gasteiger partial charge in [-0.15, -0.1) is 0 Å². The zero-order valence-corrected chi connectivity index (χ0v) is 13.8. The lowest BCUT2D eigenvalue weighted by Gasteiger charge is -2.44. The molecule has 2 saturated carbocycles. The Bertz CT molecular complexity index is 554. The van der Waals surface area contributed by atoms with Crippen molar-refractivity contribution in [2.75, 3.05) is 5.32 Å².